The normalized spacial score (nSPS) is 12.8. The molecule has 5 heteroatoms. The van der Waals surface area contributed by atoms with Gasteiger partial charge in [-0.25, -0.2) is 0 Å². The van der Waals surface area contributed by atoms with E-state index in [1.807, 2.05) is 6.07 Å². The van der Waals surface area contributed by atoms with Crippen LogP contribution in [-0.4, -0.2) is 26.7 Å². The number of hydrogen-bond acceptors (Lipinski definition) is 3. The van der Waals surface area contributed by atoms with Crippen molar-refractivity contribution in [1.29, 1.82) is 0 Å². The molecule has 0 aliphatic heterocycles. The van der Waals surface area contributed by atoms with Crippen LogP contribution in [0.5, 0.6) is 5.75 Å². The van der Waals surface area contributed by atoms with E-state index in [4.69, 9.17) is 4.74 Å². The molecule has 0 radical (unpaired) electrons. The molecule has 0 amide bonds. The number of hydrogen-bond donors (Lipinski definition) is 2. The van der Waals surface area contributed by atoms with Gasteiger partial charge in [0.15, 0.2) is 5.96 Å². The van der Waals surface area contributed by atoms with Gasteiger partial charge in [0, 0.05) is 36.5 Å². The molecule has 2 aromatic rings. The Morgan fingerprint density at radius 1 is 1.30 bits per heavy atom. The summed E-state index contributed by atoms with van der Waals surface area (Å²) in [5.74, 6) is 2.17. The van der Waals surface area contributed by atoms with E-state index in [0.29, 0.717) is 12.5 Å². The number of guanidine groups is 1. The second-order valence-corrected chi connectivity index (χ2v) is 6.52. The van der Waals surface area contributed by atoms with Gasteiger partial charge >= 0.3 is 0 Å². The van der Waals surface area contributed by atoms with Gasteiger partial charge in [-0.1, -0.05) is 25.1 Å². The molecule has 1 aromatic carbocycles. The van der Waals surface area contributed by atoms with Crippen molar-refractivity contribution in [2.75, 3.05) is 20.7 Å². The maximum absolute atomic E-state index is 5.44. The lowest BCUT2D eigenvalue weighted by atomic mass is 10.1. The fourth-order valence-corrected chi connectivity index (χ4v) is 3.11. The van der Waals surface area contributed by atoms with E-state index in [9.17, 15) is 0 Å². The molecule has 0 bridgehead atoms. The minimum Gasteiger partial charge on any atom is -0.496 e. The summed E-state index contributed by atoms with van der Waals surface area (Å²) < 4.78 is 5.44. The first-order valence-electron chi connectivity index (χ1n) is 7.75. The van der Waals surface area contributed by atoms with Gasteiger partial charge < -0.3 is 15.4 Å². The Balaban J connectivity index is 1.88. The first-order chi connectivity index (χ1) is 11.1. The molecular weight excluding hydrogens is 306 g/mol. The predicted octanol–water partition coefficient (Wildman–Crippen LogP) is 3.53. The number of aliphatic imine (C=N–C) groups is 1. The second kappa shape index (κ2) is 8.58. The monoisotopic (exact) mass is 331 g/mol. The van der Waals surface area contributed by atoms with E-state index in [1.54, 1.807) is 25.5 Å². The summed E-state index contributed by atoms with van der Waals surface area (Å²) in [4.78, 5) is 5.67. The van der Waals surface area contributed by atoms with Gasteiger partial charge in [-0.05, 0) is 30.0 Å². The second-order valence-electron chi connectivity index (χ2n) is 5.54. The Labute approximate surface area is 142 Å². The van der Waals surface area contributed by atoms with E-state index in [0.717, 1.165) is 23.8 Å². The van der Waals surface area contributed by atoms with E-state index in [-0.39, 0.29) is 0 Å². The topological polar surface area (TPSA) is 45.7 Å². The van der Waals surface area contributed by atoms with Crippen molar-refractivity contribution in [3.63, 3.8) is 0 Å². The lowest BCUT2D eigenvalue weighted by Crippen LogP contribution is -2.38. The van der Waals surface area contributed by atoms with Crippen molar-refractivity contribution < 1.29 is 4.74 Å². The van der Waals surface area contributed by atoms with Gasteiger partial charge in [0.25, 0.3) is 0 Å². The van der Waals surface area contributed by atoms with Crippen LogP contribution in [0.4, 0.5) is 0 Å². The Morgan fingerprint density at radius 2 is 2.13 bits per heavy atom. The van der Waals surface area contributed by atoms with Crippen molar-refractivity contribution in [2.45, 2.75) is 26.3 Å². The van der Waals surface area contributed by atoms with Crippen LogP contribution in [0.15, 0.2) is 40.7 Å². The molecule has 0 fully saturated rings. The van der Waals surface area contributed by atoms with Crippen LogP contribution in [0.3, 0.4) is 0 Å². The zero-order valence-corrected chi connectivity index (χ0v) is 15.0. The number of aryl methyl sites for hydroxylation is 1. The molecule has 0 saturated heterocycles. The predicted molar refractivity (Wildman–Crippen MR) is 98.7 cm³/mol. The van der Waals surface area contributed by atoms with Crippen LogP contribution in [0.25, 0.3) is 0 Å². The van der Waals surface area contributed by atoms with Crippen LogP contribution >= 0.6 is 11.3 Å². The molecule has 0 aliphatic rings. The average molecular weight is 331 g/mol. The summed E-state index contributed by atoms with van der Waals surface area (Å²) in [6.45, 7) is 5.81. The van der Waals surface area contributed by atoms with E-state index in [1.165, 1.54) is 10.4 Å². The van der Waals surface area contributed by atoms with Crippen molar-refractivity contribution in [3.05, 3.63) is 51.7 Å². The van der Waals surface area contributed by atoms with Crippen LogP contribution in [0, 0.1) is 6.92 Å². The van der Waals surface area contributed by atoms with Gasteiger partial charge in [-0.15, -0.1) is 11.3 Å². The minimum atomic E-state index is 0.461. The molecular formula is C18H25N3OS. The molecule has 4 nitrogen and oxygen atoms in total. The first kappa shape index (κ1) is 17.3. The van der Waals surface area contributed by atoms with Crippen molar-refractivity contribution >= 4 is 17.3 Å². The van der Waals surface area contributed by atoms with Crippen LogP contribution in [-0.2, 0) is 6.54 Å². The zero-order chi connectivity index (χ0) is 16.7. The van der Waals surface area contributed by atoms with Crippen LogP contribution in [0.1, 0.15) is 28.8 Å². The standard InChI is InChI=1S/C18H25N3OS/c1-13-7-8-15(16(10-13)22-4)12-21-18(19-3)20-11-14(2)17-6-5-9-23-17/h5-10,14H,11-12H2,1-4H3,(H2,19,20,21). The van der Waals surface area contributed by atoms with E-state index >= 15 is 0 Å². The number of nitrogens with zero attached hydrogens (tertiary/aromatic N) is 1. The summed E-state index contributed by atoms with van der Waals surface area (Å²) in [5.41, 5.74) is 2.31. The quantitative estimate of drug-likeness (QED) is 0.629. The highest BCUT2D eigenvalue weighted by Gasteiger charge is 2.08. The highest BCUT2D eigenvalue weighted by atomic mass is 32.1. The Morgan fingerprint density at radius 3 is 2.78 bits per heavy atom. The Bertz CT molecular complexity index is 638. The molecule has 0 saturated carbocycles. The Hall–Kier alpha value is -2.01. The molecule has 1 unspecified atom stereocenters. The molecule has 1 aromatic heterocycles. The SMILES string of the molecule is CN=C(NCc1ccc(C)cc1OC)NCC(C)c1cccs1. The van der Waals surface area contributed by atoms with E-state index in [2.05, 4.69) is 59.1 Å². The fourth-order valence-electron chi connectivity index (χ4n) is 2.32. The fraction of sp³-hybridized carbons (Fsp3) is 0.389. The molecule has 124 valence electrons. The third kappa shape index (κ3) is 4.99. The lowest BCUT2D eigenvalue weighted by Gasteiger charge is -2.16. The number of ether oxygens (including phenoxy) is 1. The van der Waals surface area contributed by atoms with E-state index < -0.39 is 0 Å². The maximum Gasteiger partial charge on any atom is 0.191 e. The van der Waals surface area contributed by atoms with Crippen molar-refractivity contribution in [2.24, 2.45) is 4.99 Å². The number of rotatable bonds is 6. The van der Waals surface area contributed by atoms with Gasteiger partial charge in [0.1, 0.15) is 5.75 Å². The van der Waals surface area contributed by atoms with Gasteiger partial charge in [0.05, 0.1) is 7.11 Å². The van der Waals surface area contributed by atoms with Crippen LogP contribution < -0.4 is 15.4 Å². The summed E-state index contributed by atoms with van der Waals surface area (Å²) >= 11 is 1.79. The number of methoxy groups -OCH3 is 1. The third-order valence-electron chi connectivity index (χ3n) is 3.72. The van der Waals surface area contributed by atoms with Gasteiger partial charge in [-0.3, -0.25) is 4.99 Å². The molecule has 2 rings (SSSR count). The number of nitrogens with one attached hydrogen (secondary N) is 2. The summed E-state index contributed by atoms with van der Waals surface area (Å²) in [7, 11) is 3.49. The molecule has 1 atom stereocenters. The smallest absolute Gasteiger partial charge is 0.191 e. The minimum absolute atomic E-state index is 0.461. The van der Waals surface area contributed by atoms with Crippen molar-refractivity contribution in [1.82, 2.24) is 10.6 Å². The average Bonchev–Trinajstić information content (AvgIpc) is 3.10. The van der Waals surface area contributed by atoms with Gasteiger partial charge in [-0.2, -0.15) is 0 Å². The molecule has 2 N–H and O–H groups in total. The first-order valence-corrected chi connectivity index (χ1v) is 8.63. The molecule has 23 heavy (non-hydrogen) atoms. The molecule has 0 aliphatic carbocycles. The molecule has 0 spiro atoms. The molecule has 1 heterocycles. The number of benzene rings is 1. The summed E-state index contributed by atoms with van der Waals surface area (Å²) in [6, 6.07) is 10.5. The lowest BCUT2D eigenvalue weighted by molar-refractivity contribution is 0.408. The van der Waals surface area contributed by atoms with Crippen LogP contribution in [0.2, 0.25) is 0 Å². The third-order valence-corrected chi connectivity index (χ3v) is 4.82. The van der Waals surface area contributed by atoms with Crippen molar-refractivity contribution in [3.8, 4) is 5.75 Å². The summed E-state index contributed by atoms with van der Waals surface area (Å²) in [6.07, 6.45) is 0. The maximum atomic E-state index is 5.44. The largest absolute Gasteiger partial charge is 0.496 e. The van der Waals surface area contributed by atoms with Gasteiger partial charge in [0.2, 0.25) is 0 Å². The highest BCUT2D eigenvalue weighted by Crippen LogP contribution is 2.20. The summed E-state index contributed by atoms with van der Waals surface area (Å²) in [5, 5.41) is 8.84. The number of thiophene rings is 1. The highest BCUT2D eigenvalue weighted by molar-refractivity contribution is 7.10. The Kier molecular flexibility index (Phi) is 6.47. The zero-order valence-electron chi connectivity index (χ0n) is 14.2.